The monoisotopic (exact) mass is 263 g/mol. The number of hydrogen-bond donors (Lipinski definition) is 0. The number of amides is 1. The lowest BCUT2D eigenvalue weighted by Gasteiger charge is -2.31. The third-order valence-electron chi connectivity index (χ3n) is 3.23. The Balaban J connectivity index is 2.21. The molecule has 0 saturated carbocycles. The molecule has 0 radical (unpaired) electrons. The maximum atomic E-state index is 12.3. The van der Waals surface area contributed by atoms with Gasteiger partial charge in [-0.3, -0.25) is 14.0 Å². The number of aryl methyl sites for hydroxylation is 1. The first kappa shape index (κ1) is 11.4. The molecule has 2 aromatic heterocycles. The number of rotatable bonds is 2. The Bertz CT molecular complexity index is 670. The molecule has 0 aliphatic carbocycles. The smallest absolute Gasteiger partial charge is 0.271 e. The van der Waals surface area contributed by atoms with E-state index in [4.69, 9.17) is 0 Å². The van der Waals surface area contributed by atoms with Crippen molar-refractivity contribution in [2.75, 3.05) is 13.1 Å². The second-order valence-electron chi connectivity index (χ2n) is 4.29. The predicted octanol–water partition coefficient (Wildman–Crippen LogP) is 1.16. The Morgan fingerprint density at radius 2 is 2.28 bits per heavy atom. The van der Waals surface area contributed by atoms with Crippen molar-refractivity contribution in [1.29, 1.82) is 0 Å². The van der Waals surface area contributed by atoms with E-state index in [9.17, 15) is 9.59 Å². The van der Waals surface area contributed by atoms with E-state index in [2.05, 4.69) is 4.98 Å². The Morgan fingerprint density at radius 3 is 2.89 bits per heavy atom. The van der Waals surface area contributed by atoms with Gasteiger partial charge in [-0.25, -0.2) is 4.98 Å². The Kier molecular flexibility index (Phi) is 2.66. The second kappa shape index (κ2) is 4.20. The van der Waals surface area contributed by atoms with Crippen molar-refractivity contribution in [3.05, 3.63) is 33.2 Å². The highest BCUT2D eigenvalue weighted by atomic mass is 32.1. The van der Waals surface area contributed by atoms with Gasteiger partial charge in [-0.05, 0) is 12.8 Å². The van der Waals surface area contributed by atoms with Crippen LogP contribution in [0.25, 0.3) is 4.96 Å². The van der Waals surface area contributed by atoms with Crippen molar-refractivity contribution in [3.8, 4) is 0 Å². The fourth-order valence-electron chi connectivity index (χ4n) is 2.07. The van der Waals surface area contributed by atoms with Crippen LogP contribution in [0.2, 0.25) is 0 Å². The second-order valence-corrected chi connectivity index (χ2v) is 5.17. The average Bonchev–Trinajstić information content (AvgIpc) is 2.74. The summed E-state index contributed by atoms with van der Waals surface area (Å²) in [6.45, 7) is 3.40. The highest BCUT2D eigenvalue weighted by molar-refractivity contribution is 7.15. The van der Waals surface area contributed by atoms with E-state index in [1.165, 1.54) is 15.7 Å². The van der Waals surface area contributed by atoms with Crippen LogP contribution in [-0.4, -0.2) is 33.3 Å². The Morgan fingerprint density at radius 1 is 1.50 bits per heavy atom. The minimum atomic E-state index is -0.241. The van der Waals surface area contributed by atoms with Gasteiger partial charge in [-0.2, -0.15) is 0 Å². The van der Waals surface area contributed by atoms with E-state index in [1.807, 2.05) is 6.92 Å². The molecule has 3 rings (SSSR count). The molecule has 0 aromatic carbocycles. The first-order chi connectivity index (χ1) is 8.72. The van der Waals surface area contributed by atoms with Crippen LogP contribution in [0.3, 0.4) is 0 Å². The molecule has 0 atom stereocenters. The number of hydrogen-bond acceptors (Lipinski definition) is 4. The topological polar surface area (TPSA) is 54.7 Å². The zero-order valence-corrected chi connectivity index (χ0v) is 10.9. The summed E-state index contributed by atoms with van der Waals surface area (Å²) in [6.07, 6.45) is 3.28. The van der Waals surface area contributed by atoms with Crippen molar-refractivity contribution in [3.63, 3.8) is 0 Å². The number of fused-ring (bicyclic) bond motifs is 1. The molecule has 0 bridgehead atoms. The van der Waals surface area contributed by atoms with Crippen LogP contribution in [-0.2, 0) is 6.42 Å². The van der Waals surface area contributed by atoms with E-state index < -0.39 is 0 Å². The number of aromatic nitrogens is 2. The normalized spacial score (nSPS) is 14.8. The van der Waals surface area contributed by atoms with Crippen LogP contribution in [0.1, 0.15) is 29.4 Å². The molecule has 1 fully saturated rings. The van der Waals surface area contributed by atoms with Crippen molar-refractivity contribution < 1.29 is 4.79 Å². The third-order valence-corrected chi connectivity index (χ3v) is 3.99. The Hall–Kier alpha value is -1.69. The van der Waals surface area contributed by atoms with Crippen LogP contribution in [0.15, 0.2) is 16.4 Å². The maximum Gasteiger partial charge on any atom is 0.271 e. The zero-order chi connectivity index (χ0) is 12.7. The van der Waals surface area contributed by atoms with Crippen LogP contribution in [0, 0.1) is 0 Å². The molecule has 1 aliphatic heterocycles. The molecule has 1 aliphatic rings. The number of carbonyl (C=O) groups is 1. The minimum absolute atomic E-state index is 0.170. The van der Waals surface area contributed by atoms with Crippen molar-refractivity contribution >= 4 is 22.2 Å². The quantitative estimate of drug-likeness (QED) is 0.817. The van der Waals surface area contributed by atoms with E-state index in [0.717, 1.165) is 19.5 Å². The molecule has 18 heavy (non-hydrogen) atoms. The summed E-state index contributed by atoms with van der Waals surface area (Å²) in [7, 11) is 0. The van der Waals surface area contributed by atoms with Crippen LogP contribution >= 0.6 is 11.3 Å². The van der Waals surface area contributed by atoms with Crippen molar-refractivity contribution in [2.24, 2.45) is 0 Å². The molecular formula is C12H13N3O2S. The Labute approximate surface area is 108 Å². The molecule has 0 N–H and O–H groups in total. The van der Waals surface area contributed by atoms with E-state index >= 15 is 0 Å². The lowest BCUT2D eigenvalue weighted by atomic mass is 10.1. The van der Waals surface area contributed by atoms with Crippen LogP contribution < -0.4 is 5.56 Å². The van der Waals surface area contributed by atoms with Gasteiger partial charge in [0.1, 0.15) is 5.56 Å². The fraction of sp³-hybridized carbons (Fsp3) is 0.417. The molecule has 3 heterocycles. The highest BCUT2D eigenvalue weighted by Crippen LogP contribution is 2.15. The van der Waals surface area contributed by atoms with Gasteiger partial charge in [0.05, 0.1) is 5.69 Å². The van der Waals surface area contributed by atoms with Crippen molar-refractivity contribution in [2.45, 2.75) is 19.8 Å². The molecule has 0 unspecified atom stereocenters. The SMILES string of the molecule is CCc1nc2sccn2c(=O)c1C(=O)N1CCC1. The number of likely N-dealkylation sites (tertiary alicyclic amines) is 1. The molecule has 94 valence electrons. The summed E-state index contributed by atoms with van der Waals surface area (Å²) in [5, 5.41) is 1.81. The van der Waals surface area contributed by atoms with Gasteiger partial charge in [0, 0.05) is 24.7 Å². The number of thiazole rings is 1. The van der Waals surface area contributed by atoms with Crippen LogP contribution in [0.4, 0.5) is 0 Å². The average molecular weight is 263 g/mol. The van der Waals surface area contributed by atoms with Gasteiger partial charge in [-0.1, -0.05) is 6.92 Å². The lowest BCUT2D eigenvalue weighted by Crippen LogP contribution is -2.45. The minimum Gasteiger partial charge on any atom is -0.338 e. The van der Waals surface area contributed by atoms with Gasteiger partial charge in [0.2, 0.25) is 0 Å². The van der Waals surface area contributed by atoms with Gasteiger partial charge < -0.3 is 4.90 Å². The maximum absolute atomic E-state index is 12.3. The predicted molar refractivity (Wildman–Crippen MR) is 69.2 cm³/mol. The summed E-state index contributed by atoms with van der Waals surface area (Å²) >= 11 is 1.41. The molecule has 1 saturated heterocycles. The molecule has 0 spiro atoms. The first-order valence-electron chi connectivity index (χ1n) is 6.00. The molecule has 6 heteroatoms. The van der Waals surface area contributed by atoms with Crippen molar-refractivity contribution in [1.82, 2.24) is 14.3 Å². The van der Waals surface area contributed by atoms with E-state index in [1.54, 1.807) is 16.5 Å². The summed E-state index contributed by atoms with van der Waals surface area (Å²) in [5.74, 6) is -0.170. The molecule has 2 aromatic rings. The van der Waals surface area contributed by atoms with Gasteiger partial charge >= 0.3 is 0 Å². The largest absolute Gasteiger partial charge is 0.338 e. The molecule has 1 amide bonds. The lowest BCUT2D eigenvalue weighted by molar-refractivity contribution is 0.0648. The first-order valence-corrected chi connectivity index (χ1v) is 6.88. The molecular weight excluding hydrogens is 250 g/mol. The summed E-state index contributed by atoms with van der Waals surface area (Å²) in [5.41, 5.74) is 0.613. The number of nitrogens with zero attached hydrogens (tertiary/aromatic N) is 3. The summed E-state index contributed by atoms with van der Waals surface area (Å²) < 4.78 is 1.46. The van der Waals surface area contributed by atoms with E-state index in [0.29, 0.717) is 17.1 Å². The standard InChI is InChI=1S/C12H13N3O2S/c1-2-8-9(10(16)14-4-3-5-14)11(17)15-6-7-18-12(15)13-8/h6-7H,2-5H2,1H3. The number of carbonyl (C=O) groups excluding carboxylic acids is 1. The van der Waals surface area contributed by atoms with Gasteiger partial charge in [0.25, 0.3) is 11.5 Å². The summed E-state index contributed by atoms with van der Waals surface area (Å²) in [6, 6.07) is 0. The van der Waals surface area contributed by atoms with E-state index in [-0.39, 0.29) is 17.0 Å². The highest BCUT2D eigenvalue weighted by Gasteiger charge is 2.27. The fourth-order valence-corrected chi connectivity index (χ4v) is 2.80. The molecule has 5 nitrogen and oxygen atoms in total. The third kappa shape index (κ3) is 1.56. The van der Waals surface area contributed by atoms with Crippen LogP contribution in [0.5, 0.6) is 0 Å². The van der Waals surface area contributed by atoms with Gasteiger partial charge in [-0.15, -0.1) is 11.3 Å². The summed E-state index contributed by atoms with van der Waals surface area (Å²) in [4.78, 5) is 31.4. The van der Waals surface area contributed by atoms with Gasteiger partial charge in [0.15, 0.2) is 4.96 Å². The zero-order valence-electron chi connectivity index (χ0n) is 10.0.